The molecule has 6 heteroatoms. The van der Waals surface area contributed by atoms with Crippen LogP contribution >= 0.6 is 0 Å². The van der Waals surface area contributed by atoms with Gasteiger partial charge >= 0.3 is 12.0 Å². The third-order valence-corrected chi connectivity index (χ3v) is 3.28. The highest BCUT2D eigenvalue weighted by Crippen LogP contribution is 2.21. The fraction of sp³-hybridized carbons (Fsp3) is 0.467. The first kappa shape index (κ1) is 17.0. The molecule has 0 radical (unpaired) electrons. The molecule has 0 aliphatic heterocycles. The van der Waals surface area contributed by atoms with E-state index in [0.29, 0.717) is 24.4 Å². The van der Waals surface area contributed by atoms with Crippen LogP contribution in [0.2, 0.25) is 0 Å². The van der Waals surface area contributed by atoms with Gasteiger partial charge in [-0.25, -0.2) is 9.59 Å². The van der Waals surface area contributed by atoms with E-state index in [1.54, 1.807) is 31.1 Å². The van der Waals surface area contributed by atoms with Crippen molar-refractivity contribution in [1.29, 1.82) is 0 Å². The molecule has 6 nitrogen and oxygen atoms in total. The van der Waals surface area contributed by atoms with Gasteiger partial charge < -0.3 is 20.1 Å². The number of anilines is 1. The van der Waals surface area contributed by atoms with E-state index in [0.717, 1.165) is 0 Å². The predicted molar refractivity (Wildman–Crippen MR) is 80.9 cm³/mol. The summed E-state index contributed by atoms with van der Waals surface area (Å²) in [4.78, 5) is 25.2. The Balaban J connectivity index is 2.99. The molecule has 0 bridgehead atoms. The molecule has 0 spiro atoms. The van der Waals surface area contributed by atoms with E-state index in [4.69, 9.17) is 4.74 Å². The van der Waals surface area contributed by atoms with Crippen LogP contribution in [-0.4, -0.2) is 48.3 Å². The van der Waals surface area contributed by atoms with Crippen molar-refractivity contribution in [2.75, 3.05) is 25.6 Å². The number of methoxy groups -OCH3 is 1. The second-order valence-electron chi connectivity index (χ2n) is 4.82. The molecule has 1 unspecified atom stereocenters. The second-order valence-corrected chi connectivity index (χ2v) is 4.82. The van der Waals surface area contributed by atoms with E-state index < -0.39 is 5.97 Å². The van der Waals surface area contributed by atoms with Crippen molar-refractivity contribution >= 4 is 17.7 Å². The molecule has 1 aromatic rings. The first-order valence-electron chi connectivity index (χ1n) is 6.81. The molecule has 0 heterocycles. The number of rotatable bonds is 6. The number of carboxylic acid groups (broad SMARTS) is 1. The van der Waals surface area contributed by atoms with Crippen molar-refractivity contribution in [2.45, 2.75) is 26.8 Å². The number of carbonyl (C=O) groups is 2. The van der Waals surface area contributed by atoms with E-state index in [1.165, 1.54) is 6.07 Å². The van der Waals surface area contributed by atoms with E-state index in [2.05, 4.69) is 5.32 Å². The van der Waals surface area contributed by atoms with Gasteiger partial charge in [0.2, 0.25) is 0 Å². The van der Waals surface area contributed by atoms with E-state index in [9.17, 15) is 14.7 Å². The Labute approximate surface area is 124 Å². The number of carbonyl (C=O) groups excluding carboxylic acids is 1. The lowest BCUT2D eigenvalue weighted by molar-refractivity contribution is 0.0698. The summed E-state index contributed by atoms with van der Waals surface area (Å²) in [5, 5.41) is 11.9. The van der Waals surface area contributed by atoms with Gasteiger partial charge in [-0.2, -0.15) is 0 Å². The van der Waals surface area contributed by atoms with Crippen LogP contribution in [0.25, 0.3) is 0 Å². The molecular formula is C15H22N2O4. The summed E-state index contributed by atoms with van der Waals surface area (Å²) in [6.07, 6.45) is 0. The molecule has 0 saturated heterocycles. The number of aromatic carboxylic acids is 1. The molecule has 0 aliphatic carbocycles. The highest BCUT2D eigenvalue weighted by atomic mass is 16.5. The first-order chi connectivity index (χ1) is 9.92. The van der Waals surface area contributed by atoms with Crippen LogP contribution in [-0.2, 0) is 4.74 Å². The van der Waals surface area contributed by atoms with Gasteiger partial charge in [-0.15, -0.1) is 0 Å². The molecule has 0 fully saturated rings. The molecule has 116 valence electrons. The fourth-order valence-corrected chi connectivity index (χ4v) is 2.18. The summed E-state index contributed by atoms with van der Waals surface area (Å²) in [6, 6.07) is 4.45. The SMILES string of the molecule is CCN(C(=O)Nc1c(C)cccc1C(=O)O)C(C)COC. The maximum atomic E-state index is 12.4. The summed E-state index contributed by atoms with van der Waals surface area (Å²) in [5.74, 6) is -1.07. The number of benzene rings is 1. The van der Waals surface area contributed by atoms with Crippen LogP contribution in [0, 0.1) is 6.92 Å². The molecule has 0 saturated carbocycles. The summed E-state index contributed by atoms with van der Waals surface area (Å²) in [7, 11) is 1.58. The average molecular weight is 294 g/mol. The van der Waals surface area contributed by atoms with Crippen LogP contribution in [0.15, 0.2) is 18.2 Å². The maximum absolute atomic E-state index is 12.4. The third-order valence-electron chi connectivity index (χ3n) is 3.28. The number of para-hydroxylation sites is 1. The number of aryl methyl sites for hydroxylation is 1. The zero-order chi connectivity index (χ0) is 16.0. The van der Waals surface area contributed by atoms with E-state index in [-0.39, 0.29) is 17.6 Å². The zero-order valence-corrected chi connectivity index (χ0v) is 12.8. The van der Waals surface area contributed by atoms with Gasteiger partial charge in [0.1, 0.15) is 0 Å². The lowest BCUT2D eigenvalue weighted by Crippen LogP contribution is -2.43. The van der Waals surface area contributed by atoms with E-state index >= 15 is 0 Å². The highest BCUT2D eigenvalue weighted by molar-refractivity contribution is 6.01. The Morgan fingerprint density at radius 1 is 1.43 bits per heavy atom. The third kappa shape index (κ3) is 4.19. The Kier molecular flexibility index (Phi) is 6.17. The normalized spacial score (nSPS) is 11.8. The number of urea groups is 1. The number of nitrogens with zero attached hydrogens (tertiary/aromatic N) is 1. The summed E-state index contributed by atoms with van der Waals surface area (Å²) in [5.41, 5.74) is 1.12. The van der Waals surface area contributed by atoms with Crippen molar-refractivity contribution in [2.24, 2.45) is 0 Å². The quantitative estimate of drug-likeness (QED) is 0.845. The van der Waals surface area contributed by atoms with Gasteiger partial charge in [-0.3, -0.25) is 0 Å². The average Bonchev–Trinajstić information content (AvgIpc) is 2.41. The first-order valence-corrected chi connectivity index (χ1v) is 6.81. The Hall–Kier alpha value is -2.08. The van der Waals surface area contributed by atoms with Crippen LogP contribution in [0.3, 0.4) is 0 Å². The molecule has 2 amide bonds. The minimum atomic E-state index is -1.07. The van der Waals surface area contributed by atoms with Crippen LogP contribution < -0.4 is 5.32 Å². The number of nitrogens with one attached hydrogen (secondary N) is 1. The minimum Gasteiger partial charge on any atom is -0.478 e. The van der Waals surface area contributed by atoms with Gasteiger partial charge in [0.25, 0.3) is 0 Å². The molecule has 1 rings (SSSR count). The van der Waals surface area contributed by atoms with Crippen molar-refractivity contribution in [3.8, 4) is 0 Å². The lowest BCUT2D eigenvalue weighted by atomic mass is 10.1. The summed E-state index contributed by atoms with van der Waals surface area (Å²) >= 11 is 0. The number of carboxylic acids is 1. The van der Waals surface area contributed by atoms with Gasteiger partial charge in [0.05, 0.1) is 23.9 Å². The highest BCUT2D eigenvalue weighted by Gasteiger charge is 2.21. The summed E-state index contributed by atoms with van der Waals surface area (Å²) < 4.78 is 5.06. The molecule has 1 aromatic carbocycles. The molecular weight excluding hydrogens is 272 g/mol. The largest absolute Gasteiger partial charge is 0.478 e. The van der Waals surface area contributed by atoms with Crippen LogP contribution in [0.5, 0.6) is 0 Å². The predicted octanol–water partition coefficient (Wildman–Crippen LogP) is 2.58. The second kappa shape index (κ2) is 7.64. The van der Waals surface area contributed by atoms with Crippen molar-refractivity contribution < 1.29 is 19.4 Å². The van der Waals surface area contributed by atoms with Gasteiger partial charge in [-0.1, -0.05) is 12.1 Å². The molecule has 1 atom stereocenters. The fourth-order valence-electron chi connectivity index (χ4n) is 2.18. The topological polar surface area (TPSA) is 78.9 Å². The monoisotopic (exact) mass is 294 g/mol. The van der Waals surface area contributed by atoms with Crippen LogP contribution in [0.4, 0.5) is 10.5 Å². The number of hydrogen-bond acceptors (Lipinski definition) is 3. The summed E-state index contributed by atoms with van der Waals surface area (Å²) in [6.45, 7) is 6.42. The number of likely N-dealkylation sites (N-methyl/N-ethyl adjacent to an activating group) is 1. The smallest absolute Gasteiger partial charge is 0.337 e. The zero-order valence-electron chi connectivity index (χ0n) is 12.8. The Morgan fingerprint density at radius 2 is 2.10 bits per heavy atom. The number of amides is 2. The lowest BCUT2D eigenvalue weighted by Gasteiger charge is -2.28. The number of hydrogen-bond donors (Lipinski definition) is 2. The Morgan fingerprint density at radius 3 is 2.62 bits per heavy atom. The van der Waals surface area contributed by atoms with Gasteiger partial charge in [0, 0.05) is 13.7 Å². The molecule has 0 aliphatic rings. The maximum Gasteiger partial charge on any atom is 0.337 e. The minimum absolute atomic E-state index is 0.0822. The van der Waals surface area contributed by atoms with E-state index in [1.807, 2.05) is 13.8 Å². The standard InChI is InChI=1S/C15H22N2O4/c1-5-17(11(3)9-21-4)15(20)16-13-10(2)7-6-8-12(13)14(18)19/h6-8,11H,5,9H2,1-4H3,(H,16,20)(H,18,19). The molecule has 0 aromatic heterocycles. The van der Waals surface area contributed by atoms with Crippen molar-refractivity contribution in [1.82, 2.24) is 4.90 Å². The number of ether oxygens (including phenoxy) is 1. The van der Waals surface area contributed by atoms with Gasteiger partial charge in [0.15, 0.2) is 0 Å². The van der Waals surface area contributed by atoms with Gasteiger partial charge in [-0.05, 0) is 32.4 Å². The van der Waals surface area contributed by atoms with Crippen molar-refractivity contribution in [3.63, 3.8) is 0 Å². The Bertz CT molecular complexity index is 516. The van der Waals surface area contributed by atoms with Crippen molar-refractivity contribution in [3.05, 3.63) is 29.3 Å². The molecule has 2 N–H and O–H groups in total. The van der Waals surface area contributed by atoms with Crippen LogP contribution in [0.1, 0.15) is 29.8 Å². The molecule has 21 heavy (non-hydrogen) atoms.